The monoisotopic (exact) mass is 581 g/mol. The summed E-state index contributed by atoms with van der Waals surface area (Å²) in [5, 5.41) is 3.39. The molecule has 1 N–H and O–H groups in total. The summed E-state index contributed by atoms with van der Waals surface area (Å²) >= 11 is 19.1. The summed E-state index contributed by atoms with van der Waals surface area (Å²) in [7, 11) is -2.45. The molecule has 3 aromatic rings. The van der Waals surface area contributed by atoms with Crippen molar-refractivity contribution in [1.82, 2.24) is 10.2 Å². The average Bonchev–Trinajstić information content (AvgIpc) is 2.86. The maximum atomic E-state index is 13.9. The summed E-state index contributed by atoms with van der Waals surface area (Å²) < 4.78 is 26.4. The molecule has 3 aromatic carbocycles. The van der Waals surface area contributed by atoms with E-state index >= 15 is 0 Å². The molecule has 0 aliphatic carbocycles. The number of rotatable bonds is 10. The van der Waals surface area contributed by atoms with Crippen LogP contribution in [0.2, 0.25) is 15.1 Å². The molecule has 196 valence electrons. The maximum Gasteiger partial charge on any atom is 0.244 e. The molecular weight excluding hydrogens is 557 g/mol. The number of para-hydroxylation sites is 1. The number of hydrogen-bond donors (Lipinski definition) is 1. The van der Waals surface area contributed by atoms with E-state index in [9.17, 15) is 18.0 Å². The highest BCUT2D eigenvalue weighted by atomic mass is 35.5. The van der Waals surface area contributed by atoms with Crippen LogP contribution >= 0.6 is 34.8 Å². The molecule has 0 radical (unpaired) electrons. The van der Waals surface area contributed by atoms with Crippen LogP contribution in [0.4, 0.5) is 5.69 Å². The number of carbonyl (C=O) groups excluding carboxylic acids is 2. The number of sulfonamides is 1. The van der Waals surface area contributed by atoms with E-state index in [1.54, 1.807) is 30.3 Å². The molecule has 0 aromatic heterocycles. The van der Waals surface area contributed by atoms with Gasteiger partial charge in [0.2, 0.25) is 21.8 Å². The Labute approximate surface area is 232 Å². The van der Waals surface area contributed by atoms with Gasteiger partial charge in [-0.1, -0.05) is 83.3 Å². The van der Waals surface area contributed by atoms with Crippen LogP contribution in [-0.4, -0.2) is 51.0 Å². The number of nitrogens with zero attached hydrogens (tertiary/aromatic N) is 2. The van der Waals surface area contributed by atoms with Gasteiger partial charge < -0.3 is 10.2 Å². The molecule has 0 spiro atoms. The van der Waals surface area contributed by atoms with Crippen molar-refractivity contribution in [2.45, 2.75) is 19.0 Å². The lowest BCUT2D eigenvalue weighted by Gasteiger charge is -2.33. The summed E-state index contributed by atoms with van der Waals surface area (Å²) in [4.78, 5) is 28.3. The third kappa shape index (κ3) is 7.38. The first-order chi connectivity index (χ1) is 17.5. The topological polar surface area (TPSA) is 86.8 Å². The van der Waals surface area contributed by atoms with Crippen LogP contribution in [0.5, 0.6) is 0 Å². The molecule has 0 heterocycles. The molecule has 3 rings (SSSR count). The van der Waals surface area contributed by atoms with E-state index in [0.29, 0.717) is 15.6 Å². The van der Waals surface area contributed by atoms with Crippen LogP contribution in [-0.2, 0) is 32.6 Å². The zero-order valence-corrected chi connectivity index (χ0v) is 23.3. The largest absolute Gasteiger partial charge is 0.357 e. The SMILES string of the molecule is CNC(=O)[C@H](Cc1ccccc1)N(Cc1c(Cl)cccc1Cl)C(=O)CN(c1ccccc1Cl)S(C)(=O)=O. The minimum absolute atomic E-state index is 0.123. The number of amides is 2. The van der Waals surface area contributed by atoms with Crippen molar-refractivity contribution >= 4 is 62.3 Å². The molecule has 0 fully saturated rings. The van der Waals surface area contributed by atoms with Gasteiger partial charge in [-0.05, 0) is 29.8 Å². The van der Waals surface area contributed by atoms with Crippen molar-refractivity contribution in [1.29, 1.82) is 0 Å². The van der Waals surface area contributed by atoms with Gasteiger partial charge in [0.1, 0.15) is 12.6 Å². The molecule has 0 saturated heterocycles. The number of benzene rings is 3. The van der Waals surface area contributed by atoms with Crippen molar-refractivity contribution in [3.05, 3.63) is 99.0 Å². The van der Waals surface area contributed by atoms with E-state index in [4.69, 9.17) is 34.8 Å². The molecule has 0 unspecified atom stereocenters. The first-order valence-electron chi connectivity index (χ1n) is 11.2. The molecule has 0 aliphatic heterocycles. The quantitative estimate of drug-likeness (QED) is 0.372. The number of hydrogen-bond acceptors (Lipinski definition) is 4. The summed E-state index contributed by atoms with van der Waals surface area (Å²) in [6, 6.07) is 19.4. The van der Waals surface area contributed by atoms with Crippen molar-refractivity contribution < 1.29 is 18.0 Å². The Kier molecular flexibility index (Phi) is 9.84. The van der Waals surface area contributed by atoms with Gasteiger partial charge in [-0.15, -0.1) is 0 Å². The predicted octanol–water partition coefficient (Wildman–Crippen LogP) is 4.80. The summed E-state index contributed by atoms with van der Waals surface area (Å²) in [5.74, 6) is -1.06. The number of anilines is 1. The zero-order chi connectivity index (χ0) is 27.2. The van der Waals surface area contributed by atoms with Crippen molar-refractivity contribution in [3.8, 4) is 0 Å². The van der Waals surface area contributed by atoms with Crippen LogP contribution in [0.15, 0.2) is 72.8 Å². The third-order valence-corrected chi connectivity index (χ3v) is 7.86. The lowest BCUT2D eigenvalue weighted by Crippen LogP contribution is -2.53. The first-order valence-corrected chi connectivity index (χ1v) is 14.2. The maximum absolute atomic E-state index is 13.9. The minimum Gasteiger partial charge on any atom is -0.357 e. The van der Waals surface area contributed by atoms with Gasteiger partial charge in [-0.2, -0.15) is 0 Å². The smallest absolute Gasteiger partial charge is 0.244 e. The van der Waals surface area contributed by atoms with E-state index < -0.39 is 34.4 Å². The van der Waals surface area contributed by atoms with Crippen LogP contribution in [0.3, 0.4) is 0 Å². The Balaban J connectivity index is 2.08. The van der Waals surface area contributed by atoms with Gasteiger partial charge >= 0.3 is 0 Å². The van der Waals surface area contributed by atoms with Gasteiger partial charge in [-0.3, -0.25) is 13.9 Å². The standard InChI is InChI=1S/C26H26Cl3N3O4S/c1-30-26(34)24(15-18-9-4-3-5-10-18)31(16-19-20(27)12-8-13-21(19)28)25(33)17-32(37(2,35)36)23-14-7-6-11-22(23)29/h3-14,24H,15-17H2,1-2H3,(H,30,34)/t24-/m0/s1. The minimum atomic E-state index is -3.92. The van der Waals surface area contributed by atoms with E-state index in [1.807, 2.05) is 30.3 Å². The highest BCUT2D eigenvalue weighted by Crippen LogP contribution is 2.29. The highest BCUT2D eigenvalue weighted by Gasteiger charge is 2.33. The van der Waals surface area contributed by atoms with E-state index in [2.05, 4.69) is 5.32 Å². The van der Waals surface area contributed by atoms with Gasteiger partial charge in [-0.25, -0.2) is 8.42 Å². The Morgan fingerprint density at radius 2 is 1.43 bits per heavy atom. The molecule has 2 amide bonds. The number of likely N-dealkylation sites (N-methyl/N-ethyl adjacent to an activating group) is 1. The van der Waals surface area contributed by atoms with Crippen LogP contribution in [0.1, 0.15) is 11.1 Å². The Bertz CT molecular complexity index is 1350. The lowest BCUT2D eigenvalue weighted by molar-refractivity contribution is -0.139. The summed E-state index contributed by atoms with van der Waals surface area (Å²) in [6.45, 7) is -0.713. The highest BCUT2D eigenvalue weighted by molar-refractivity contribution is 7.92. The second kappa shape index (κ2) is 12.6. The van der Waals surface area contributed by atoms with Gasteiger partial charge in [0.05, 0.1) is 17.0 Å². The molecule has 0 aliphatic rings. The Hall–Kier alpha value is -2.78. The number of nitrogens with one attached hydrogen (secondary N) is 1. The fourth-order valence-electron chi connectivity index (χ4n) is 3.82. The van der Waals surface area contributed by atoms with Crippen molar-refractivity contribution in [3.63, 3.8) is 0 Å². The number of carbonyl (C=O) groups is 2. The molecule has 1 atom stereocenters. The van der Waals surface area contributed by atoms with E-state index in [1.165, 1.54) is 24.1 Å². The second-order valence-electron chi connectivity index (χ2n) is 8.26. The van der Waals surface area contributed by atoms with Crippen molar-refractivity contribution in [2.24, 2.45) is 0 Å². The Morgan fingerprint density at radius 1 is 0.865 bits per heavy atom. The van der Waals surface area contributed by atoms with E-state index in [-0.39, 0.29) is 23.7 Å². The van der Waals surface area contributed by atoms with Crippen LogP contribution in [0, 0.1) is 0 Å². The summed E-state index contributed by atoms with van der Waals surface area (Å²) in [5.41, 5.74) is 1.39. The van der Waals surface area contributed by atoms with Gasteiger partial charge in [0.25, 0.3) is 0 Å². The molecule has 0 bridgehead atoms. The second-order valence-corrected chi connectivity index (χ2v) is 11.4. The molecular formula is C26H26Cl3N3O4S. The van der Waals surface area contributed by atoms with E-state index in [0.717, 1.165) is 16.1 Å². The number of halogens is 3. The fraction of sp³-hybridized carbons (Fsp3) is 0.231. The first kappa shape index (κ1) is 28.8. The van der Waals surface area contributed by atoms with Gasteiger partial charge in [0.15, 0.2) is 0 Å². The molecule has 0 saturated carbocycles. The van der Waals surface area contributed by atoms with Crippen LogP contribution < -0.4 is 9.62 Å². The normalized spacial score (nSPS) is 12.0. The third-order valence-electron chi connectivity index (χ3n) is 5.71. The van der Waals surface area contributed by atoms with Crippen molar-refractivity contribution in [2.75, 3.05) is 24.2 Å². The summed E-state index contributed by atoms with van der Waals surface area (Å²) in [6.07, 6.45) is 1.17. The predicted molar refractivity (Wildman–Crippen MR) is 149 cm³/mol. The Morgan fingerprint density at radius 3 is 2.00 bits per heavy atom. The van der Waals surface area contributed by atoms with Crippen LogP contribution in [0.25, 0.3) is 0 Å². The lowest BCUT2D eigenvalue weighted by atomic mass is 10.0. The zero-order valence-electron chi connectivity index (χ0n) is 20.2. The molecule has 11 heteroatoms. The van der Waals surface area contributed by atoms with Gasteiger partial charge in [0, 0.05) is 35.6 Å². The fourth-order valence-corrected chi connectivity index (χ4v) is 5.49. The average molecular weight is 583 g/mol. The molecule has 37 heavy (non-hydrogen) atoms. The molecule has 7 nitrogen and oxygen atoms in total.